The Kier molecular flexibility index (Phi) is 4.19. The number of benzene rings is 1. The van der Waals surface area contributed by atoms with E-state index in [1.165, 1.54) is 12.3 Å². The molecule has 9 heteroatoms. The molecule has 0 bridgehead atoms. The van der Waals surface area contributed by atoms with Crippen LogP contribution in [0.15, 0.2) is 50.5 Å². The maximum atomic E-state index is 12.6. The van der Waals surface area contributed by atoms with E-state index < -0.39 is 23.2 Å². The molecule has 1 atom stereocenters. The fourth-order valence-electron chi connectivity index (χ4n) is 2.95. The molecular formula is C19H16N4O5. The van der Waals surface area contributed by atoms with Gasteiger partial charge in [0.15, 0.2) is 11.3 Å². The lowest BCUT2D eigenvalue weighted by Crippen LogP contribution is -2.27. The summed E-state index contributed by atoms with van der Waals surface area (Å²) in [5, 5.41) is 3.79. The summed E-state index contributed by atoms with van der Waals surface area (Å²) in [6.45, 7) is 1.78. The molecule has 0 saturated carbocycles. The first-order valence-corrected chi connectivity index (χ1v) is 8.46. The lowest BCUT2D eigenvalue weighted by molar-refractivity contribution is 0.0935. The molecule has 0 aliphatic rings. The van der Waals surface area contributed by atoms with Gasteiger partial charge in [0.1, 0.15) is 11.4 Å². The predicted molar refractivity (Wildman–Crippen MR) is 102 cm³/mol. The average molecular weight is 380 g/mol. The minimum absolute atomic E-state index is 0.114. The Balaban J connectivity index is 1.62. The van der Waals surface area contributed by atoms with Crippen LogP contribution in [-0.4, -0.2) is 28.0 Å². The Morgan fingerprint density at radius 3 is 2.86 bits per heavy atom. The van der Waals surface area contributed by atoms with E-state index in [-0.39, 0.29) is 16.6 Å². The van der Waals surface area contributed by atoms with Gasteiger partial charge in [-0.25, -0.2) is 9.78 Å². The number of hydrogen-bond donors (Lipinski definition) is 3. The number of furan rings is 1. The summed E-state index contributed by atoms with van der Waals surface area (Å²) in [4.78, 5) is 44.3. The molecule has 9 nitrogen and oxygen atoms in total. The molecule has 0 spiro atoms. The number of carbonyl (C=O) groups excluding carboxylic acids is 1. The molecule has 0 radical (unpaired) electrons. The molecule has 0 fully saturated rings. The SMILES string of the molecule is COc1cccc2cc(C(C)NC(=O)c3cnc4[nH]c(=O)[nH]c(=O)c4c3)oc12. The molecule has 142 valence electrons. The van der Waals surface area contributed by atoms with Crippen LogP contribution in [0.2, 0.25) is 0 Å². The van der Waals surface area contributed by atoms with Crippen LogP contribution in [0.4, 0.5) is 0 Å². The maximum Gasteiger partial charge on any atom is 0.327 e. The van der Waals surface area contributed by atoms with E-state index in [1.54, 1.807) is 20.1 Å². The van der Waals surface area contributed by atoms with Crippen LogP contribution < -0.4 is 21.3 Å². The Morgan fingerprint density at radius 2 is 2.07 bits per heavy atom. The zero-order chi connectivity index (χ0) is 19.8. The van der Waals surface area contributed by atoms with Gasteiger partial charge in [0.2, 0.25) is 0 Å². The van der Waals surface area contributed by atoms with E-state index in [2.05, 4.69) is 20.3 Å². The number of pyridine rings is 1. The second kappa shape index (κ2) is 6.69. The number of H-pyrrole nitrogens is 2. The van der Waals surface area contributed by atoms with Crippen molar-refractivity contribution in [2.75, 3.05) is 7.11 Å². The summed E-state index contributed by atoms with van der Waals surface area (Å²) in [5.74, 6) is 0.734. The fourth-order valence-corrected chi connectivity index (χ4v) is 2.95. The largest absolute Gasteiger partial charge is 0.493 e. The van der Waals surface area contributed by atoms with Gasteiger partial charge in [-0.2, -0.15) is 0 Å². The van der Waals surface area contributed by atoms with E-state index in [0.717, 1.165) is 5.39 Å². The monoisotopic (exact) mass is 380 g/mol. The van der Waals surface area contributed by atoms with E-state index in [1.807, 2.05) is 18.2 Å². The number of rotatable bonds is 4. The normalized spacial score (nSPS) is 12.2. The molecule has 1 amide bonds. The van der Waals surface area contributed by atoms with Gasteiger partial charge in [0.25, 0.3) is 11.5 Å². The molecule has 3 heterocycles. The molecule has 1 unspecified atom stereocenters. The van der Waals surface area contributed by atoms with Crippen molar-refractivity contribution in [1.29, 1.82) is 0 Å². The summed E-state index contributed by atoms with van der Waals surface area (Å²) in [7, 11) is 1.56. The van der Waals surface area contributed by atoms with Crippen molar-refractivity contribution in [3.63, 3.8) is 0 Å². The van der Waals surface area contributed by atoms with Crippen LogP contribution in [0.1, 0.15) is 29.1 Å². The number of para-hydroxylation sites is 1. The maximum absolute atomic E-state index is 12.6. The van der Waals surface area contributed by atoms with Gasteiger partial charge >= 0.3 is 5.69 Å². The van der Waals surface area contributed by atoms with Crippen molar-refractivity contribution in [2.24, 2.45) is 0 Å². The zero-order valence-electron chi connectivity index (χ0n) is 15.0. The summed E-state index contributed by atoms with van der Waals surface area (Å²) in [6, 6.07) is 8.31. The van der Waals surface area contributed by atoms with Crippen molar-refractivity contribution >= 4 is 27.9 Å². The number of nitrogens with one attached hydrogen (secondary N) is 3. The molecule has 28 heavy (non-hydrogen) atoms. The third kappa shape index (κ3) is 3.02. The molecule has 0 saturated heterocycles. The quantitative estimate of drug-likeness (QED) is 0.495. The van der Waals surface area contributed by atoms with Crippen LogP contribution >= 0.6 is 0 Å². The Morgan fingerprint density at radius 1 is 1.25 bits per heavy atom. The second-order valence-electron chi connectivity index (χ2n) is 6.25. The van der Waals surface area contributed by atoms with Gasteiger partial charge < -0.3 is 14.5 Å². The van der Waals surface area contributed by atoms with Crippen LogP contribution in [0.3, 0.4) is 0 Å². The lowest BCUT2D eigenvalue weighted by atomic mass is 10.2. The van der Waals surface area contributed by atoms with Crippen molar-refractivity contribution in [2.45, 2.75) is 13.0 Å². The highest BCUT2D eigenvalue weighted by Gasteiger charge is 2.18. The van der Waals surface area contributed by atoms with Gasteiger partial charge in [-0.3, -0.25) is 19.6 Å². The van der Waals surface area contributed by atoms with Crippen LogP contribution in [0.25, 0.3) is 22.0 Å². The predicted octanol–water partition coefficient (Wildman–Crippen LogP) is 1.86. The first kappa shape index (κ1) is 17.5. The smallest absolute Gasteiger partial charge is 0.327 e. The number of aromatic nitrogens is 3. The summed E-state index contributed by atoms with van der Waals surface area (Å²) in [5.41, 5.74) is -0.369. The summed E-state index contributed by atoms with van der Waals surface area (Å²) in [6.07, 6.45) is 1.29. The molecule has 4 aromatic rings. The number of nitrogens with zero attached hydrogens (tertiary/aromatic N) is 1. The van der Waals surface area contributed by atoms with E-state index in [0.29, 0.717) is 17.1 Å². The topological polar surface area (TPSA) is 130 Å². The Hall–Kier alpha value is -3.88. The van der Waals surface area contributed by atoms with Crippen molar-refractivity contribution in [3.8, 4) is 5.75 Å². The highest BCUT2D eigenvalue weighted by Crippen LogP contribution is 2.30. The summed E-state index contributed by atoms with van der Waals surface area (Å²) < 4.78 is 11.1. The molecular weight excluding hydrogens is 364 g/mol. The van der Waals surface area contributed by atoms with Crippen molar-refractivity contribution < 1.29 is 13.9 Å². The van der Waals surface area contributed by atoms with E-state index >= 15 is 0 Å². The number of hydrogen-bond acceptors (Lipinski definition) is 6. The fraction of sp³-hybridized carbons (Fsp3) is 0.158. The van der Waals surface area contributed by atoms with Crippen LogP contribution in [0.5, 0.6) is 5.75 Å². The number of fused-ring (bicyclic) bond motifs is 2. The van der Waals surface area contributed by atoms with E-state index in [4.69, 9.17) is 9.15 Å². The molecule has 0 aliphatic carbocycles. The van der Waals surface area contributed by atoms with Gasteiger partial charge in [-0.15, -0.1) is 0 Å². The minimum atomic E-state index is -0.656. The zero-order valence-corrected chi connectivity index (χ0v) is 15.0. The number of methoxy groups -OCH3 is 1. The molecule has 1 aromatic carbocycles. The van der Waals surface area contributed by atoms with Gasteiger partial charge in [-0.05, 0) is 25.1 Å². The van der Waals surface area contributed by atoms with Crippen LogP contribution in [0, 0.1) is 0 Å². The number of aromatic amines is 2. The summed E-state index contributed by atoms with van der Waals surface area (Å²) >= 11 is 0. The standard InChI is InChI=1S/C19H16N4O5/c1-9(14-7-10-4-3-5-13(27-2)15(10)28-14)21-17(24)11-6-12-16(20-8-11)22-19(26)23-18(12)25/h3-9H,1-2H3,(H,21,24)(H2,20,22,23,25,26). The van der Waals surface area contributed by atoms with Gasteiger partial charge in [0, 0.05) is 11.6 Å². The van der Waals surface area contributed by atoms with Crippen molar-refractivity contribution in [1.82, 2.24) is 20.3 Å². The van der Waals surface area contributed by atoms with E-state index in [9.17, 15) is 14.4 Å². The highest BCUT2D eigenvalue weighted by atomic mass is 16.5. The molecule has 0 aliphatic heterocycles. The Labute approximate surface area is 157 Å². The average Bonchev–Trinajstić information content (AvgIpc) is 3.12. The lowest BCUT2D eigenvalue weighted by Gasteiger charge is -2.11. The third-order valence-corrected chi connectivity index (χ3v) is 4.37. The molecule has 4 rings (SSSR count). The highest BCUT2D eigenvalue weighted by molar-refractivity contribution is 5.97. The van der Waals surface area contributed by atoms with Gasteiger partial charge in [-0.1, -0.05) is 12.1 Å². The van der Waals surface area contributed by atoms with Crippen LogP contribution in [-0.2, 0) is 0 Å². The molecule has 3 N–H and O–H groups in total. The number of carbonyl (C=O) groups is 1. The minimum Gasteiger partial charge on any atom is -0.493 e. The van der Waals surface area contributed by atoms with Crippen molar-refractivity contribution in [3.05, 3.63) is 68.7 Å². The second-order valence-corrected chi connectivity index (χ2v) is 6.25. The number of amides is 1. The third-order valence-electron chi connectivity index (χ3n) is 4.37. The molecule has 3 aromatic heterocycles. The Bertz CT molecular complexity index is 1320. The number of ether oxygens (including phenoxy) is 1. The van der Waals surface area contributed by atoms with Gasteiger partial charge in [0.05, 0.1) is 24.1 Å². The first-order chi connectivity index (χ1) is 13.5. The first-order valence-electron chi connectivity index (χ1n) is 8.46.